The van der Waals surface area contributed by atoms with Gasteiger partial charge in [0.1, 0.15) is 0 Å². The maximum absolute atomic E-state index is 5.74. The van der Waals surface area contributed by atoms with Gasteiger partial charge in [-0.2, -0.15) is 0 Å². The summed E-state index contributed by atoms with van der Waals surface area (Å²) in [6.07, 6.45) is 0. The van der Waals surface area contributed by atoms with Gasteiger partial charge >= 0.3 is 0 Å². The summed E-state index contributed by atoms with van der Waals surface area (Å²) < 4.78 is 9.53. The van der Waals surface area contributed by atoms with Crippen LogP contribution in [0.25, 0.3) is 177 Å². The number of fused-ring (bicyclic) bond motifs is 13. The summed E-state index contributed by atoms with van der Waals surface area (Å²) >= 11 is 0. The van der Waals surface area contributed by atoms with Gasteiger partial charge in [0.05, 0.1) is 55.5 Å². The highest BCUT2D eigenvalue weighted by Gasteiger charge is 2.25. The van der Waals surface area contributed by atoms with E-state index in [-0.39, 0.29) is 0 Å². The Kier molecular flexibility index (Phi) is 12.2. The second kappa shape index (κ2) is 21.5. The zero-order valence-corrected chi connectivity index (χ0v) is 51.0. The fourth-order valence-corrected chi connectivity index (χ4v) is 14.9. The average molecular weight is 1200 g/mol. The SMILES string of the molecule is c1ccc(-c2cccc(-c3cc(-c4cccc(-c5ccccc5)c4)cc(-n4c5ccccc5c5c6c7ccccc7n(-c7nc(-c8ccc9c(c8)c8ccccc8n9-c8ccccc8)cc(-c8ccc9c(c8)c8ccccc8n9-c8ccccc8)n7)c6ccc54)c3)c2)cc1. The van der Waals surface area contributed by atoms with Crippen LogP contribution < -0.4 is 0 Å². The zero-order chi connectivity index (χ0) is 61.8. The fourth-order valence-electron chi connectivity index (χ4n) is 14.9. The third kappa shape index (κ3) is 8.58. The number of rotatable bonds is 10. The summed E-state index contributed by atoms with van der Waals surface area (Å²) in [7, 11) is 0. The summed E-state index contributed by atoms with van der Waals surface area (Å²) in [4.78, 5) is 11.5. The van der Waals surface area contributed by atoms with Gasteiger partial charge in [-0.25, -0.2) is 9.97 Å². The van der Waals surface area contributed by atoms with Crippen molar-refractivity contribution in [1.82, 2.24) is 28.2 Å². The van der Waals surface area contributed by atoms with E-state index < -0.39 is 0 Å². The van der Waals surface area contributed by atoms with E-state index in [1.165, 1.54) is 38.4 Å². The highest BCUT2D eigenvalue weighted by molar-refractivity contribution is 6.29. The van der Waals surface area contributed by atoms with Crippen LogP contribution in [0, 0.1) is 0 Å². The van der Waals surface area contributed by atoms with Crippen molar-refractivity contribution in [2.45, 2.75) is 0 Å². The lowest BCUT2D eigenvalue weighted by Crippen LogP contribution is -2.04. The quantitative estimate of drug-likeness (QED) is 0.137. The molecule has 0 fully saturated rings. The molecule has 94 heavy (non-hydrogen) atoms. The van der Waals surface area contributed by atoms with Crippen LogP contribution in [0.2, 0.25) is 0 Å². The van der Waals surface area contributed by atoms with Gasteiger partial charge in [-0.1, -0.05) is 218 Å². The molecule has 438 valence electrons. The van der Waals surface area contributed by atoms with E-state index in [0.29, 0.717) is 5.95 Å². The van der Waals surface area contributed by atoms with Gasteiger partial charge in [-0.15, -0.1) is 0 Å². The molecule has 0 radical (unpaired) electrons. The van der Waals surface area contributed by atoms with Crippen molar-refractivity contribution in [3.8, 4) is 90.0 Å². The first-order chi connectivity index (χ1) is 46.6. The van der Waals surface area contributed by atoms with Gasteiger partial charge < -0.3 is 13.7 Å². The molecule has 0 atom stereocenters. The Hall–Kier alpha value is -12.6. The van der Waals surface area contributed by atoms with Crippen LogP contribution in [0.3, 0.4) is 0 Å². The Morgan fingerprint density at radius 3 is 0.947 bits per heavy atom. The molecule has 0 bridgehead atoms. The number of nitrogens with zero attached hydrogens (tertiary/aromatic N) is 6. The summed E-state index contributed by atoms with van der Waals surface area (Å²) in [5.41, 5.74) is 25.1. The van der Waals surface area contributed by atoms with E-state index in [1.807, 2.05) is 0 Å². The van der Waals surface area contributed by atoms with Crippen molar-refractivity contribution in [3.63, 3.8) is 0 Å². The van der Waals surface area contributed by atoms with Crippen LogP contribution >= 0.6 is 0 Å². The Bertz CT molecular complexity index is 5930. The molecule has 19 rings (SSSR count). The number of benzene rings is 14. The van der Waals surface area contributed by atoms with E-state index in [1.54, 1.807) is 0 Å². The van der Waals surface area contributed by atoms with Gasteiger partial charge in [0.25, 0.3) is 0 Å². The largest absolute Gasteiger partial charge is 0.309 e. The van der Waals surface area contributed by atoms with Gasteiger partial charge in [0.2, 0.25) is 5.95 Å². The molecular formula is C88H56N6. The van der Waals surface area contributed by atoms with E-state index in [0.717, 1.165) is 133 Å². The Morgan fingerprint density at radius 1 is 0.170 bits per heavy atom. The fraction of sp³-hybridized carbons (Fsp3) is 0. The Labute approximate surface area is 542 Å². The zero-order valence-electron chi connectivity index (χ0n) is 51.0. The van der Waals surface area contributed by atoms with E-state index in [4.69, 9.17) is 9.97 Å². The standard InChI is InChI=1S/C88H56N6/c1-5-23-57(24-6-1)59-27-21-29-61(49-59)65-51-66(62-30-22-28-60(50-62)58-25-7-2-8-26-58)53-69(52-65)93-80-41-19-15-37-72(80)86-84(93)47-48-85-87(86)73-38-16-20-42-81(73)94(85)88-89-76(63-43-45-82-74(54-63)70-35-13-17-39-78(70)91(82)67-31-9-3-10-32-67)56-77(90-88)64-44-46-83-75(55-64)71-36-14-18-40-79(71)92(83)68-33-11-4-12-34-68/h1-56H. The predicted octanol–water partition coefficient (Wildman–Crippen LogP) is 22.9. The maximum atomic E-state index is 5.74. The van der Waals surface area contributed by atoms with Crippen molar-refractivity contribution in [3.05, 3.63) is 340 Å². The summed E-state index contributed by atoms with van der Waals surface area (Å²) in [6, 6.07) is 123. The second-order valence-electron chi connectivity index (χ2n) is 24.5. The maximum Gasteiger partial charge on any atom is 0.235 e. The van der Waals surface area contributed by atoms with Gasteiger partial charge in [-0.3, -0.25) is 4.57 Å². The number of hydrogen-bond donors (Lipinski definition) is 0. The monoisotopic (exact) mass is 1200 g/mol. The van der Waals surface area contributed by atoms with Crippen LogP contribution in [-0.2, 0) is 0 Å². The topological polar surface area (TPSA) is 45.5 Å². The average Bonchev–Trinajstić information content (AvgIpc) is 1.57. The summed E-state index contributed by atoms with van der Waals surface area (Å²) in [6.45, 7) is 0. The summed E-state index contributed by atoms with van der Waals surface area (Å²) in [5, 5.41) is 9.28. The molecule has 0 aliphatic carbocycles. The van der Waals surface area contributed by atoms with Crippen molar-refractivity contribution < 1.29 is 0 Å². The van der Waals surface area contributed by atoms with Crippen LogP contribution in [0.5, 0.6) is 0 Å². The molecule has 0 aliphatic rings. The highest BCUT2D eigenvalue weighted by Crippen LogP contribution is 2.45. The van der Waals surface area contributed by atoms with Crippen molar-refractivity contribution in [2.75, 3.05) is 0 Å². The lowest BCUT2D eigenvalue weighted by atomic mass is 9.94. The molecule has 5 aromatic heterocycles. The van der Waals surface area contributed by atoms with Crippen LogP contribution in [-0.4, -0.2) is 28.2 Å². The van der Waals surface area contributed by atoms with Crippen molar-refractivity contribution in [2.24, 2.45) is 0 Å². The first-order valence-electron chi connectivity index (χ1n) is 32.1. The third-order valence-corrected chi connectivity index (χ3v) is 19.1. The first kappa shape index (κ1) is 53.2. The molecule has 0 aliphatic heterocycles. The van der Waals surface area contributed by atoms with Crippen LogP contribution in [0.1, 0.15) is 0 Å². The van der Waals surface area contributed by atoms with E-state index in [9.17, 15) is 0 Å². The lowest BCUT2D eigenvalue weighted by Gasteiger charge is -2.15. The number of aromatic nitrogens is 6. The molecule has 0 unspecified atom stereocenters. The normalized spacial score (nSPS) is 11.8. The molecule has 0 amide bonds. The number of hydrogen-bond acceptors (Lipinski definition) is 2. The van der Waals surface area contributed by atoms with Gasteiger partial charge in [0, 0.05) is 71.3 Å². The molecule has 5 heterocycles. The predicted molar refractivity (Wildman–Crippen MR) is 392 cm³/mol. The number of para-hydroxylation sites is 6. The smallest absolute Gasteiger partial charge is 0.235 e. The minimum Gasteiger partial charge on any atom is -0.309 e. The van der Waals surface area contributed by atoms with Gasteiger partial charge in [-0.05, 0) is 166 Å². The third-order valence-electron chi connectivity index (χ3n) is 19.1. The van der Waals surface area contributed by atoms with Crippen molar-refractivity contribution >= 4 is 87.2 Å². The molecule has 0 spiro atoms. The molecule has 6 nitrogen and oxygen atoms in total. The summed E-state index contributed by atoms with van der Waals surface area (Å²) in [5.74, 6) is 0.591. The molecule has 0 N–H and O–H groups in total. The lowest BCUT2D eigenvalue weighted by molar-refractivity contribution is 0.996. The van der Waals surface area contributed by atoms with E-state index >= 15 is 0 Å². The molecule has 0 saturated carbocycles. The molecule has 0 saturated heterocycles. The van der Waals surface area contributed by atoms with Crippen LogP contribution in [0.4, 0.5) is 0 Å². The first-order valence-corrected chi connectivity index (χ1v) is 32.1. The molecular weight excluding hydrogens is 1140 g/mol. The van der Waals surface area contributed by atoms with Crippen molar-refractivity contribution in [1.29, 1.82) is 0 Å². The minimum absolute atomic E-state index is 0.591. The molecule has 14 aromatic carbocycles. The Morgan fingerprint density at radius 2 is 0.489 bits per heavy atom. The van der Waals surface area contributed by atoms with E-state index in [2.05, 4.69) is 358 Å². The Balaban J connectivity index is 0.844. The minimum atomic E-state index is 0.591. The molecule has 6 heteroatoms. The highest BCUT2D eigenvalue weighted by atomic mass is 15.2. The van der Waals surface area contributed by atoms with Gasteiger partial charge in [0.15, 0.2) is 0 Å². The second-order valence-corrected chi connectivity index (χ2v) is 24.5. The molecule has 19 aromatic rings. The van der Waals surface area contributed by atoms with Crippen LogP contribution in [0.15, 0.2) is 340 Å².